The van der Waals surface area contributed by atoms with Crippen LogP contribution in [0.3, 0.4) is 0 Å². The number of halogens is 1. The van der Waals surface area contributed by atoms with Gasteiger partial charge in [-0.2, -0.15) is 10.2 Å². The van der Waals surface area contributed by atoms with E-state index in [-0.39, 0.29) is 5.56 Å². The molecule has 0 saturated carbocycles. The van der Waals surface area contributed by atoms with Crippen LogP contribution in [-0.4, -0.2) is 21.3 Å². The fourth-order valence-electron chi connectivity index (χ4n) is 1.40. The predicted octanol–water partition coefficient (Wildman–Crippen LogP) is 2.44. The van der Waals surface area contributed by atoms with E-state index in [2.05, 4.69) is 15.5 Å². The minimum Gasteiger partial charge on any atom is -0.478 e. The Hall–Kier alpha value is -2.14. The third-order valence-corrected chi connectivity index (χ3v) is 2.62. The highest BCUT2D eigenvalue weighted by atomic mass is 35.5. The normalized spacial score (nSPS) is 10.1. The average Bonchev–Trinajstić information content (AvgIpc) is 2.38. The number of nitrogens with zero attached hydrogens (tertiary/aromatic N) is 2. The molecule has 0 bridgehead atoms. The molecule has 0 aliphatic heterocycles. The van der Waals surface area contributed by atoms with Crippen LogP contribution in [0.15, 0.2) is 36.5 Å². The third-order valence-electron chi connectivity index (χ3n) is 2.30. The molecule has 0 amide bonds. The Morgan fingerprint density at radius 2 is 2.22 bits per heavy atom. The first kappa shape index (κ1) is 12.3. The molecular weight excluding hydrogens is 254 g/mol. The summed E-state index contributed by atoms with van der Waals surface area (Å²) in [5.41, 5.74) is 1.59. The van der Waals surface area contributed by atoms with Crippen LogP contribution < -0.4 is 5.32 Å². The lowest BCUT2D eigenvalue weighted by molar-refractivity contribution is 0.0697. The van der Waals surface area contributed by atoms with Crippen molar-refractivity contribution in [2.45, 2.75) is 6.54 Å². The molecule has 2 N–H and O–H groups in total. The molecule has 0 atom stereocenters. The van der Waals surface area contributed by atoms with Crippen molar-refractivity contribution in [1.29, 1.82) is 0 Å². The minimum atomic E-state index is -1.00. The molecule has 0 fully saturated rings. The van der Waals surface area contributed by atoms with Crippen LogP contribution in [0.2, 0.25) is 5.02 Å². The molecule has 1 aromatic carbocycles. The van der Waals surface area contributed by atoms with Crippen molar-refractivity contribution in [1.82, 2.24) is 10.2 Å². The number of rotatable bonds is 4. The van der Waals surface area contributed by atoms with Gasteiger partial charge in [0, 0.05) is 6.20 Å². The van der Waals surface area contributed by atoms with Crippen LogP contribution in [-0.2, 0) is 6.54 Å². The second kappa shape index (κ2) is 5.46. The van der Waals surface area contributed by atoms with Gasteiger partial charge in [0.1, 0.15) is 0 Å². The van der Waals surface area contributed by atoms with Crippen LogP contribution in [0.25, 0.3) is 0 Å². The van der Waals surface area contributed by atoms with E-state index in [1.54, 1.807) is 18.3 Å². The van der Waals surface area contributed by atoms with Crippen molar-refractivity contribution >= 4 is 23.3 Å². The Labute approximate surface area is 108 Å². The maximum atomic E-state index is 10.7. The van der Waals surface area contributed by atoms with Gasteiger partial charge in [0.25, 0.3) is 0 Å². The first-order valence-corrected chi connectivity index (χ1v) is 5.58. The Kier molecular flexibility index (Phi) is 3.74. The zero-order valence-corrected chi connectivity index (χ0v) is 10.1. The van der Waals surface area contributed by atoms with Gasteiger partial charge in [0.15, 0.2) is 0 Å². The first-order valence-electron chi connectivity index (χ1n) is 5.20. The molecule has 0 aliphatic carbocycles. The maximum Gasteiger partial charge on any atom is 0.335 e. The summed E-state index contributed by atoms with van der Waals surface area (Å²) in [5, 5.41) is 19.9. The number of nitrogens with one attached hydrogen (secondary N) is 1. The van der Waals surface area contributed by atoms with Crippen LogP contribution in [0, 0.1) is 0 Å². The van der Waals surface area contributed by atoms with E-state index >= 15 is 0 Å². The predicted molar refractivity (Wildman–Crippen MR) is 67.8 cm³/mol. The van der Waals surface area contributed by atoms with E-state index in [1.807, 2.05) is 6.07 Å². The average molecular weight is 264 g/mol. The first-order chi connectivity index (χ1) is 8.66. The summed E-state index contributed by atoms with van der Waals surface area (Å²) in [7, 11) is 0. The van der Waals surface area contributed by atoms with Gasteiger partial charge < -0.3 is 10.4 Å². The summed E-state index contributed by atoms with van der Waals surface area (Å²) in [6.45, 7) is 0.472. The van der Waals surface area contributed by atoms with Crippen molar-refractivity contribution in [2.75, 3.05) is 5.32 Å². The van der Waals surface area contributed by atoms with E-state index in [4.69, 9.17) is 16.7 Å². The number of aromatic nitrogens is 2. The van der Waals surface area contributed by atoms with Crippen molar-refractivity contribution in [3.63, 3.8) is 0 Å². The summed E-state index contributed by atoms with van der Waals surface area (Å²) in [6, 6.07) is 8.15. The van der Waals surface area contributed by atoms with Crippen LogP contribution in [0.1, 0.15) is 16.1 Å². The molecule has 0 spiro atoms. The molecule has 0 aliphatic rings. The largest absolute Gasteiger partial charge is 0.478 e. The van der Waals surface area contributed by atoms with Gasteiger partial charge in [-0.3, -0.25) is 0 Å². The maximum absolute atomic E-state index is 10.7. The SMILES string of the molecule is O=C(O)c1ccc(NCc2cccnn2)c(Cl)c1. The molecule has 0 unspecified atom stereocenters. The number of carboxylic acid groups (broad SMARTS) is 1. The zero-order chi connectivity index (χ0) is 13.0. The fraction of sp³-hybridized carbons (Fsp3) is 0.0833. The van der Waals surface area contributed by atoms with E-state index < -0.39 is 5.97 Å². The summed E-state index contributed by atoms with van der Waals surface area (Å²) in [6.07, 6.45) is 1.60. The Balaban J connectivity index is 2.08. The highest BCUT2D eigenvalue weighted by Crippen LogP contribution is 2.23. The third kappa shape index (κ3) is 2.95. The van der Waals surface area contributed by atoms with E-state index in [0.29, 0.717) is 17.3 Å². The number of carboxylic acids is 1. The molecule has 0 radical (unpaired) electrons. The highest BCUT2D eigenvalue weighted by Gasteiger charge is 2.06. The van der Waals surface area contributed by atoms with Gasteiger partial charge in [-0.1, -0.05) is 11.6 Å². The van der Waals surface area contributed by atoms with Gasteiger partial charge in [-0.05, 0) is 30.3 Å². The zero-order valence-electron chi connectivity index (χ0n) is 9.30. The topological polar surface area (TPSA) is 75.1 Å². The lowest BCUT2D eigenvalue weighted by Crippen LogP contribution is -2.03. The molecule has 2 aromatic rings. The Morgan fingerprint density at radius 1 is 1.39 bits per heavy atom. The Morgan fingerprint density at radius 3 is 2.83 bits per heavy atom. The highest BCUT2D eigenvalue weighted by molar-refractivity contribution is 6.33. The quantitative estimate of drug-likeness (QED) is 0.886. The van der Waals surface area contributed by atoms with Crippen LogP contribution >= 0.6 is 11.6 Å². The van der Waals surface area contributed by atoms with Gasteiger partial charge in [0.05, 0.1) is 28.5 Å². The standard InChI is InChI=1S/C12H10ClN3O2/c13-10-6-8(12(17)18)3-4-11(10)14-7-9-2-1-5-15-16-9/h1-6,14H,7H2,(H,17,18). The molecule has 6 heteroatoms. The molecule has 2 rings (SSSR count). The van der Waals surface area contributed by atoms with Crippen molar-refractivity contribution in [3.05, 3.63) is 52.8 Å². The second-order valence-corrected chi connectivity index (χ2v) is 3.98. The lowest BCUT2D eigenvalue weighted by Gasteiger charge is -2.08. The number of hydrogen-bond acceptors (Lipinski definition) is 4. The number of hydrogen-bond donors (Lipinski definition) is 2. The van der Waals surface area contributed by atoms with Crippen LogP contribution in [0.4, 0.5) is 5.69 Å². The van der Waals surface area contributed by atoms with Crippen LogP contribution in [0.5, 0.6) is 0 Å². The van der Waals surface area contributed by atoms with Crippen molar-refractivity contribution in [3.8, 4) is 0 Å². The number of aromatic carboxylic acids is 1. The molecular formula is C12H10ClN3O2. The minimum absolute atomic E-state index is 0.157. The molecule has 0 saturated heterocycles. The van der Waals surface area contributed by atoms with Gasteiger partial charge in [0.2, 0.25) is 0 Å². The van der Waals surface area contributed by atoms with E-state index in [1.165, 1.54) is 12.1 Å². The summed E-state index contributed by atoms with van der Waals surface area (Å²) >= 11 is 5.98. The summed E-state index contributed by atoms with van der Waals surface area (Å²) in [5.74, 6) is -1.00. The van der Waals surface area contributed by atoms with Gasteiger partial charge in [-0.15, -0.1) is 0 Å². The lowest BCUT2D eigenvalue weighted by atomic mass is 10.2. The second-order valence-electron chi connectivity index (χ2n) is 3.57. The van der Waals surface area contributed by atoms with E-state index in [9.17, 15) is 4.79 Å². The summed E-state index contributed by atoms with van der Waals surface area (Å²) < 4.78 is 0. The van der Waals surface area contributed by atoms with Crippen molar-refractivity contribution in [2.24, 2.45) is 0 Å². The van der Waals surface area contributed by atoms with Crippen molar-refractivity contribution < 1.29 is 9.90 Å². The molecule has 1 aromatic heterocycles. The fourth-order valence-corrected chi connectivity index (χ4v) is 1.65. The number of anilines is 1. The molecule has 5 nitrogen and oxygen atoms in total. The summed E-state index contributed by atoms with van der Waals surface area (Å²) in [4.78, 5) is 10.7. The monoisotopic (exact) mass is 263 g/mol. The molecule has 1 heterocycles. The number of carbonyl (C=O) groups is 1. The molecule has 92 valence electrons. The van der Waals surface area contributed by atoms with Gasteiger partial charge in [-0.25, -0.2) is 4.79 Å². The smallest absolute Gasteiger partial charge is 0.335 e. The van der Waals surface area contributed by atoms with Gasteiger partial charge >= 0.3 is 5.97 Å². The van der Waals surface area contributed by atoms with E-state index in [0.717, 1.165) is 5.69 Å². The molecule has 18 heavy (non-hydrogen) atoms. The number of benzene rings is 1. The Bertz CT molecular complexity index is 561.